The number of ether oxygens (including phenoxy) is 1. The number of ketones is 1. The summed E-state index contributed by atoms with van der Waals surface area (Å²) in [5.41, 5.74) is 2.29. The molecule has 0 aliphatic rings. The lowest BCUT2D eigenvalue weighted by Gasteiger charge is -2.07. The summed E-state index contributed by atoms with van der Waals surface area (Å²) in [5.74, 6) is 0.159. The quantitative estimate of drug-likeness (QED) is 0.770. The smallest absolute Gasteiger partial charge is 0.143 e. The molecule has 0 aliphatic carbocycles. The summed E-state index contributed by atoms with van der Waals surface area (Å²) in [6, 6.07) is 8.10. The van der Waals surface area contributed by atoms with E-state index in [-0.39, 0.29) is 10.6 Å². The molecule has 0 spiro atoms. The van der Waals surface area contributed by atoms with Crippen molar-refractivity contribution in [2.24, 2.45) is 0 Å². The van der Waals surface area contributed by atoms with E-state index >= 15 is 0 Å². The maximum atomic E-state index is 11.1. The van der Waals surface area contributed by atoms with Crippen LogP contribution in [0.4, 0.5) is 0 Å². The van der Waals surface area contributed by atoms with E-state index in [0.717, 1.165) is 17.5 Å². The van der Waals surface area contributed by atoms with Crippen molar-refractivity contribution in [2.75, 3.05) is 7.11 Å². The molecule has 0 N–H and O–H groups in total. The van der Waals surface area contributed by atoms with Gasteiger partial charge in [0.15, 0.2) is 0 Å². The van der Waals surface area contributed by atoms with Crippen molar-refractivity contribution in [3.63, 3.8) is 0 Å². The van der Waals surface area contributed by atoms with Crippen LogP contribution in [0.5, 0.6) is 0 Å². The number of benzene rings is 1. The van der Waals surface area contributed by atoms with Crippen LogP contribution in [0.25, 0.3) is 0 Å². The van der Waals surface area contributed by atoms with Crippen LogP contribution in [0.3, 0.4) is 0 Å². The molecule has 3 heteroatoms. The molecule has 0 bridgehead atoms. The van der Waals surface area contributed by atoms with E-state index in [4.69, 9.17) is 4.74 Å². The van der Waals surface area contributed by atoms with E-state index in [0.29, 0.717) is 6.61 Å². The van der Waals surface area contributed by atoms with Crippen molar-refractivity contribution >= 4 is 21.7 Å². The minimum Gasteiger partial charge on any atom is -0.380 e. The fourth-order valence-electron chi connectivity index (χ4n) is 1.36. The Bertz CT molecular complexity index is 336. The van der Waals surface area contributed by atoms with Crippen molar-refractivity contribution < 1.29 is 9.53 Å². The lowest BCUT2D eigenvalue weighted by Crippen LogP contribution is -2.12. The molecule has 82 valence electrons. The molecule has 2 nitrogen and oxygen atoms in total. The lowest BCUT2D eigenvalue weighted by molar-refractivity contribution is -0.116. The van der Waals surface area contributed by atoms with Crippen LogP contribution in [0.15, 0.2) is 24.3 Å². The Morgan fingerprint density at radius 2 is 2.13 bits per heavy atom. The summed E-state index contributed by atoms with van der Waals surface area (Å²) in [5, 5.41) is 0. The SMILES string of the molecule is COCc1cccc(CC(Br)C(C)=O)c1. The molecule has 0 fully saturated rings. The van der Waals surface area contributed by atoms with Crippen LogP contribution in [-0.2, 0) is 22.6 Å². The number of methoxy groups -OCH3 is 1. The Balaban J connectivity index is 2.68. The highest BCUT2D eigenvalue weighted by Gasteiger charge is 2.10. The summed E-state index contributed by atoms with van der Waals surface area (Å²) in [6.45, 7) is 2.21. The number of hydrogen-bond donors (Lipinski definition) is 0. The molecule has 15 heavy (non-hydrogen) atoms. The van der Waals surface area contributed by atoms with Crippen LogP contribution in [0, 0.1) is 0 Å². The van der Waals surface area contributed by atoms with Gasteiger partial charge >= 0.3 is 0 Å². The van der Waals surface area contributed by atoms with Crippen LogP contribution < -0.4 is 0 Å². The largest absolute Gasteiger partial charge is 0.380 e. The predicted octanol–water partition coefficient (Wildman–Crippen LogP) is 2.73. The first-order valence-corrected chi connectivity index (χ1v) is 5.76. The first-order valence-electron chi connectivity index (χ1n) is 4.84. The zero-order valence-electron chi connectivity index (χ0n) is 9.00. The van der Waals surface area contributed by atoms with E-state index in [9.17, 15) is 4.79 Å². The second-order valence-corrected chi connectivity index (χ2v) is 4.64. The molecule has 1 rings (SSSR count). The Hall–Kier alpha value is -0.670. The van der Waals surface area contributed by atoms with Gasteiger partial charge in [-0.05, 0) is 24.5 Å². The van der Waals surface area contributed by atoms with Gasteiger partial charge < -0.3 is 4.74 Å². The Labute approximate surface area is 98.8 Å². The molecular weight excluding hydrogens is 256 g/mol. The van der Waals surface area contributed by atoms with Crippen LogP contribution in [0.1, 0.15) is 18.1 Å². The highest BCUT2D eigenvalue weighted by Crippen LogP contribution is 2.13. The van der Waals surface area contributed by atoms with E-state index in [1.165, 1.54) is 0 Å². The molecule has 0 amide bonds. The summed E-state index contributed by atoms with van der Waals surface area (Å²) in [4.78, 5) is 11.0. The summed E-state index contributed by atoms with van der Waals surface area (Å²) in [6.07, 6.45) is 0.729. The monoisotopic (exact) mass is 270 g/mol. The van der Waals surface area contributed by atoms with E-state index < -0.39 is 0 Å². The van der Waals surface area contributed by atoms with Gasteiger partial charge in [-0.15, -0.1) is 0 Å². The summed E-state index contributed by atoms with van der Waals surface area (Å²) in [7, 11) is 1.68. The van der Waals surface area contributed by atoms with Gasteiger partial charge in [0.2, 0.25) is 0 Å². The lowest BCUT2D eigenvalue weighted by atomic mass is 10.1. The molecule has 1 atom stereocenters. The molecule has 0 saturated carbocycles. The number of carbonyl (C=O) groups is 1. The number of alkyl halides is 1. The van der Waals surface area contributed by atoms with Crippen LogP contribution >= 0.6 is 15.9 Å². The minimum absolute atomic E-state index is 0.0877. The van der Waals surface area contributed by atoms with Crippen molar-refractivity contribution in [3.8, 4) is 0 Å². The highest BCUT2D eigenvalue weighted by atomic mass is 79.9. The standard InChI is InChI=1S/C12H15BrO2/c1-9(14)12(13)7-10-4-3-5-11(6-10)8-15-2/h3-6,12H,7-8H2,1-2H3. The average molecular weight is 271 g/mol. The van der Waals surface area contributed by atoms with Gasteiger partial charge in [-0.1, -0.05) is 40.2 Å². The zero-order valence-corrected chi connectivity index (χ0v) is 10.6. The molecule has 0 radical (unpaired) electrons. The van der Waals surface area contributed by atoms with E-state index in [1.807, 2.05) is 18.2 Å². The molecule has 1 aromatic rings. The fourth-order valence-corrected chi connectivity index (χ4v) is 1.74. The second kappa shape index (κ2) is 6.03. The van der Waals surface area contributed by atoms with Gasteiger partial charge in [0.1, 0.15) is 5.78 Å². The van der Waals surface area contributed by atoms with E-state index in [1.54, 1.807) is 14.0 Å². The third-order valence-corrected chi connectivity index (χ3v) is 3.13. The number of halogens is 1. The fraction of sp³-hybridized carbons (Fsp3) is 0.417. The normalized spacial score (nSPS) is 12.5. The second-order valence-electron chi connectivity index (χ2n) is 3.54. The van der Waals surface area contributed by atoms with Gasteiger partial charge in [0.05, 0.1) is 11.4 Å². The van der Waals surface area contributed by atoms with Gasteiger partial charge in [-0.3, -0.25) is 4.79 Å². The highest BCUT2D eigenvalue weighted by molar-refractivity contribution is 9.10. The topological polar surface area (TPSA) is 26.3 Å². The van der Waals surface area contributed by atoms with Crippen LogP contribution in [-0.4, -0.2) is 17.7 Å². The summed E-state index contributed by atoms with van der Waals surface area (Å²) >= 11 is 3.36. The van der Waals surface area contributed by atoms with Crippen molar-refractivity contribution in [1.82, 2.24) is 0 Å². The molecule has 1 unspecified atom stereocenters. The Kier molecular flexibility index (Phi) is 4.99. The van der Waals surface area contributed by atoms with Gasteiger partial charge in [0, 0.05) is 7.11 Å². The molecule has 0 aromatic heterocycles. The van der Waals surface area contributed by atoms with Gasteiger partial charge in [-0.25, -0.2) is 0 Å². The third kappa shape index (κ3) is 4.14. The number of Topliss-reactive ketones (excluding diaryl/α,β-unsaturated/α-hetero) is 1. The molecule has 0 heterocycles. The molecular formula is C12H15BrO2. The maximum Gasteiger partial charge on any atom is 0.143 e. The van der Waals surface area contributed by atoms with Crippen LogP contribution in [0.2, 0.25) is 0 Å². The third-order valence-electron chi connectivity index (χ3n) is 2.16. The van der Waals surface area contributed by atoms with Crippen molar-refractivity contribution in [2.45, 2.75) is 24.8 Å². The molecule has 0 saturated heterocycles. The molecule has 0 aliphatic heterocycles. The van der Waals surface area contributed by atoms with E-state index in [2.05, 4.69) is 22.0 Å². The number of carbonyl (C=O) groups excluding carboxylic acids is 1. The predicted molar refractivity (Wildman–Crippen MR) is 64.3 cm³/mol. The maximum absolute atomic E-state index is 11.1. The first kappa shape index (κ1) is 12.4. The Morgan fingerprint density at radius 1 is 1.47 bits per heavy atom. The number of hydrogen-bond acceptors (Lipinski definition) is 2. The Morgan fingerprint density at radius 3 is 2.73 bits per heavy atom. The van der Waals surface area contributed by atoms with Gasteiger partial charge in [-0.2, -0.15) is 0 Å². The van der Waals surface area contributed by atoms with Gasteiger partial charge in [0.25, 0.3) is 0 Å². The minimum atomic E-state index is -0.0877. The zero-order chi connectivity index (χ0) is 11.3. The first-order chi connectivity index (χ1) is 7.13. The molecule has 1 aromatic carbocycles. The number of rotatable bonds is 5. The summed E-state index contributed by atoms with van der Waals surface area (Å²) < 4.78 is 5.06. The van der Waals surface area contributed by atoms with Crippen molar-refractivity contribution in [3.05, 3.63) is 35.4 Å². The van der Waals surface area contributed by atoms with Crippen molar-refractivity contribution in [1.29, 1.82) is 0 Å². The average Bonchev–Trinajstić information content (AvgIpc) is 2.18.